The maximum atomic E-state index is 12.3. The first-order chi connectivity index (χ1) is 8.36. The summed E-state index contributed by atoms with van der Waals surface area (Å²) >= 11 is 0. The topological polar surface area (TPSA) is 61.0 Å². The van der Waals surface area contributed by atoms with Gasteiger partial charge in [0, 0.05) is 44.0 Å². The number of carbonyl (C=O) groups excluding carboxylic acids is 1. The summed E-state index contributed by atoms with van der Waals surface area (Å²) in [5.74, 6) is 0.101. The van der Waals surface area contributed by atoms with Crippen LogP contribution in [0, 0.1) is 0 Å². The molecule has 3 rings (SSSR count). The standard InChI is InChI=1S/C12H14N4O/c17-12(16-5-3-13-4-6-16)10-7-15-11-8-14-2-1-9(10)11/h1-2,7-8,13,15H,3-6H2. The van der Waals surface area contributed by atoms with Crippen LogP contribution < -0.4 is 5.32 Å². The van der Waals surface area contributed by atoms with Gasteiger partial charge in [0.15, 0.2) is 0 Å². The van der Waals surface area contributed by atoms with E-state index in [4.69, 9.17) is 0 Å². The number of hydrogen-bond acceptors (Lipinski definition) is 3. The van der Waals surface area contributed by atoms with Gasteiger partial charge in [0.2, 0.25) is 0 Å². The molecule has 1 aliphatic heterocycles. The molecular formula is C12H14N4O. The normalized spacial score (nSPS) is 16.4. The van der Waals surface area contributed by atoms with Crippen molar-refractivity contribution in [3.05, 3.63) is 30.2 Å². The lowest BCUT2D eigenvalue weighted by atomic mass is 10.2. The number of amides is 1. The van der Waals surface area contributed by atoms with Crippen LogP contribution in [-0.4, -0.2) is 47.0 Å². The number of fused-ring (bicyclic) bond motifs is 1. The molecule has 0 radical (unpaired) electrons. The molecule has 0 bridgehead atoms. The summed E-state index contributed by atoms with van der Waals surface area (Å²) in [6.07, 6.45) is 5.23. The largest absolute Gasteiger partial charge is 0.359 e. The fourth-order valence-electron chi connectivity index (χ4n) is 2.19. The Labute approximate surface area is 98.8 Å². The van der Waals surface area contributed by atoms with Crippen LogP contribution in [0.15, 0.2) is 24.7 Å². The summed E-state index contributed by atoms with van der Waals surface area (Å²) in [7, 11) is 0. The van der Waals surface area contributed by atoms with Crippen molar-refractivity contribution in [2.24, 2.45) is 0 Å². The molecule has 0 aromatic carbocycles. The van der Waals surface area contributed by atoms with Gasteiger partial charge in [-0.3, -0.25) is 9.78 Å². The Morgan fingerprint density at radius 2 is 2.18 bits per heavy atom. The van der Waals surface area contributed by atoms with Crippen molar-refractivity contribution in [3.8, 4) is 0 Å². The highest BCUT2D eigenvalue weighted by atomic mass is 16.2. The van der Waals surface area contributed by atoms with Gasteiger partial charge >= 0.3 is 0 Å². The van der Waals surface area contributed by atoms with Gasteiger partial charge in [-0.25, -0.2) is 0 Å². The Kier molecular flexibility index (Phi) is 2.53. The van der Waals surface area contributed by atoms with Gasteiger partial charge in [0.1, 0.15) is 0 Å². The SMILES string of the molecule is O=C(c1c[nH]c2cnccc12)N1CCNCC1. The minimum atomic E-state index is 0.101. The Hall–Kier alpha value is -1.88. The Morgan fingerprint density at radius 1 is 1.35 bits per heavy atom. The number of H-pyrrole nitrogens is 1. The van der Waals surface area contributed by atoms with Gasteiger partial charge in [-0.15, -0.1) is 0 Å². The third kappa shape index (κ3) is 1.78. The quantitative estimate of drug-likeness (QED) is 0.754. The van der Waals surface area contributed by atoms with E-state index in [9.17, 15) is 4.79 Å². The van der Waals surface area contributed by atoms with Crippen molar-refractivity contribution in [1.82, 2.24) is 20.2 Å². The van der Waals surface area contributed by atoms with Crippen LogP contribution in [0.25, 0.3) is 10.9 Å². The average molecular weight is 230 g/mol. The second-order valence-electron chi connectivity index (χ2n) is 4.17. The van der Waals surface area contributed by atoms with E-state index in [1.165, 1.54) is 0 Å². The molecule has 1 aliphatic rings. The van der Waals surface area contributed by atoms with Gasteiger partial charge in [-0.2, -0.15) is 0 Å². The van der Waals surface area contributed by atoms with Crippen molar-refractivity contribution in [3.63, 3.8) is 0 Å². The molecule has 1 fully saturated rings. The van der Waals surface area contributed by atoms with Crippen molar-refractivity contribution >= 4 is 16.8 Å². The highest BCUT2D eigenvalue weighted by Gasteiger charge is 2.20. The van der Waals surface area contributed by atoms with E-state index in [0.717, 1.165) is 42.6 Å². The van der Waals surface area contributed by atoms with Crippen LogP contribution in [0.3, 0.4) is 0 Å². The van der Waals surface area contributed by atoms with Gasteiger partial charge in [0.05, 0.1) is 17.3 Å². The monoisotopic (exact) mass is 230 g/mol. The smallest absolute Gasteiger partial charge is 0.256 e. The first-order valence-electron chi connectivity index (χ1n) is 5.77. The predicted octanol–water partition coefficient (Wildman–Crippen LogP) is 0.608. The predicted molar refractivity (Wildman–Crippen MR) is 64.9 cm³/mol. The maximum absolute atomic E-state index is 12.3. The van der Waals surface area contributed by atoms with Crippen LogP contribution in [0.4, 0.5) is 0 Å². The molecule has 0 saturated carbocycles. The molecule has 0 unspecified atom stereocenters. The van der Waals surface area contributed by atoms with Crippen LogP contribution in [0.1, 0.15) is 10.4 Å². The molecule has 5 heteroatoms. The third-order valence-electron chi connectivity index (χ3n) is 3.12. The number of carbonyl (C=O) groups is 1. The molecule has 2 aromatic rings. The van der Waals surface area contributed by atoms with Crippen molar-refractivity contribution in [1.29, 1.82) is 0 Å². The first-order valence-corrected chi connectivity index (χ1v) is 5.77. The molecule has 3 heterocycles. The highest BCUT2D eigenvalue weighted by molar-refractivity contribution is 6.06. The zero-order valence-electron chi connectivity index (χ0n) is 9.44. The Morgan fingerprint density at radius 3 is 3.00 bits per heavy atom. The number of nitrogens with zero attached hydrogens (tertiary/aromatic N) is 2. The number of piperazine rings is 1. The second-order valence-corrected chi connectivity index (χ2v) is 4.17. The van der Waals surface area contributed by atoms with Gasteiger partial charge < -0.3 is 15.2 Å². The first kappa shape index (κ1) is 10.3. The lowest BCUT2D eigenvalue weighted by Gasteiger charge is -2.27. The molecule has 0 atom stereocenters. The van der Waals surface area contributed by atoms with Gasteiger partial charge in [-0.05, 0) is 6.07 Å². The second kappa shape index (κ2) is 4.18. The van der Waals surface area contributed by atoms with E-state index in [-0.39, 0.29) is 5.91 Å². The van der Waals surface area contributed by atoms with Crippen LogP contribution in [0.2, 0.25) is 0 Å². The van der Waals surface area contributed by atoms with Gasteiger partial charge in [-0.1, -0.05) is 0 Å². The molecule has 5 nitrogen and oxygen atoms in total. The average Bonchev–Trinajstić information content (AvgIpc) is 2.83. The fourth-order valence-corrected chi connectivity index (χ4v) is 2.19. The summed E-state index contributed by atoms with van der Waals surface area (Å²) in [6.45, 7) is 3.29. The van der Waals surface area contributed by atoms with E-state index >= 15 is 0 Å². The summed E-state index contributed by atoms with van der Waals surface area (Å²) in [6, 6.07) is 1.88. The van der Waals surface area contributed by atoms with E-state index < -0.39 is 0 Å². The highest BCUT2D eigenvalue weighted by Crippen LogP contribution is 2.18. The third-order valence-corrected chi connectivity index (χ3v) is 3.12. The Balaban J connectivity index is 1.95. The summed E-state index contributed by atoms with van der Waals surface area (Å²) in [4.78, 5) is 21.3. The number of aromatic nitrogens is 2. The summed E-state index contributed by atoms with van der Waals surface area (Å²) < 4.78 is 0. The lowest BCUT2D eigenvalue weighted by molar-refractivity contribution is 0.0738. The summed E-state index contributed by atoms with van der Waals surface area (Å²) in [5, 5.41) is 4.19. The minimum Gasteiger partial charge on any atom is -0.359 e. The fraction of sp³-hybridized carbons (Fsp3) is 0.333. The van der Waals surface area contributed by atoms with Crippen molar-refractivity contribution in [2.45, 2.75) is 0 Å². The Bertz CT molecular complexity index is 542. The van der Waals surface area contributed by atoms with E-state index in [2.05, 4.69) is 15.3 Å². The van der Waals surface area contributed by atoms with E-state index in [0.29, 0.717) is 0 Å². The zero-order chi connectivity index (χ0) is 11.7. The number of aromatic amines is 1. The number of pyridine rings is 1. The lowest BCUT2D eigenvalue weighted by Crippen LogP contribution is -2.46. The molecular weight excluding hydrogens is 216 g/mol. The zero-order valence-corrected chi connectivity index (χ0v) is 9.44. The molecule has 2 aromatic heterocycles. The van der Waals surface area contributed by atoms with E-state index in [1.54, 1.807) is 18.6 Å². The van der Waals surface area contributed by atoms with Crippen LogP contribution in [-0.2, 0) is 0 Å². The molecule has 1 saturated heterocycles. The van der Waals surface area contributed by atoms with E-state index in [1.807, 2.05) is 11.0 Å². The molecule has 0 spiro atoms. The molecule has 2 N–H and O–H groups in total. The minimum absolute atomic E-state index is 0.101. The van der Waals surface area contributed by atoms with Crippen molar-refractivity contribution < 1.29 is 4.79 Å². The van der Waals surface area contributed by atoms with Crippen LogP contribution in [0.5, 0.6) is 0 Å². The molecule has 0 aliphatic carbocycles. The number of rotatable bonds is 1. The number of hydrogen-bond donors (Lipinski definition) is 2. The van der Waals surface area contributed by atoms with Crippen LogP contribution >= 0.6 is 0 Å². The van der Waals surface area contributed by atoms with Crippen molar-refractivity contribution in [2.75, 3.05) is 26.2 Å². The number of nitrogens with one attached hydrogen (secondary N) is 2. The maximum Gasteiger partial charge on any atom is 0.256 e. The molecule has 1 amide bonds. The van der Waals surface area contributed by atoms with Gasteiger partial charge in [0.25, 0.3) is 5.91 Å². The molecule has 88 valence electrons. The summed E-state index contributed by atoms with van der Waals surface area (Å²) in [5.41, 5.74) is 1.65. The molecule has 17 heavy (non-hydrogen) atoms.